The van der Waals surface area contributed by atoms with Crippen LogP contribution < -0.4 is 0 Å². The average Bonchev–Trinajstić information content (AvgIpc) is 3.37. The molecule has 25 heavy (non-hydrogen) atoms. The highest BCUT2D eigenvalue weighted by Crippen LogP contribution is 2.31. The predicted octanol–water partition coefficient (Wildman–Crippen LogP) is 1.77. The van der Waals surface area contributed by atoms with Crippen LogP contribution in [-0.2, 0) is 14.8 Å². The summed E-state index contributed by atoms with van der Waals surface area (Å²) in [6.45, 7) is 3.57. The smallest absolute Gasteiger partial charge is 0.243 e. The number of hydrogen-bond acceptors (Lipinski definition) is 5. The van der Waals surface area contributed by atoms with Gasteiger partial charge in [-0.2, -0.15) is 4.31 Å². The fourth-order valence-electron chi connectivity index (χ4n) is 3.27. The molecule has 1 aliphatic heterocycles. The molecule has 0 bridgehead atoms. The van der Waals surface area contributed by atoms with Crippen molar-refractivity contribution >= 4 is 27.0 Å². The number of oxazole rings is 1. The Hall–Kier alpha value is -1.93. The topological polar surface area (TPSA) is 83.7 Å². The van der Waals surface area contributed by atoms with Crippen LogP contribution in [0.15, 0.2) is 27.5 Å². The van der Waals surface area contributed by atoms with Crippen molar-refractivity contribution in [2.75, 3.05) is 26.2 Å². The number of aryl methyl sites for hydroxylation is 1. The third-order valence-corrected chi connectivity index (χ3v) is 6.69. The Morgan fingerprint density at radius 1 is 1.20 bits per heavy atom. The molecule has 2 aliphatic rings. The molecule has 0 unspecified atom stereocenters. The van der Waals surface area contributed by atoms with Gasteiger partial charge in [-0.25, -0.2) is 13.4 Å². The Bertz CT molecular complexity index is 917. The van der Waals surface area contributed by atoms with E-state index in [0.717, 1.165) is 12.8 Å². The average molecular weight is 363 g/mol. The maximum absolute atomic E-state index is 13.0. The first-order chi connectivity index (χ1) is 11.9. The molecule has 8 heteroatoms. The summed E-state index contributed by atoms with van der Waals surface area (Å²) in [7, 11) is -3.61. The predicted molar refractivity (Wildman–Crippen MR) is 91.4 cm³/mol. The molecule has 1 aromatic carbocycles. The van der Waals surface area contributed by atoms with Gasteiger partial charge in [0.15, 0.2) is 11.5 Å². The first kappa shape index (κ1) is 16.5. The summed E-state index contributed by atoms with van der Waals surface area (Å²) in [5.41, 5.74) is 1.12. The van der Waals surface area contributed by atoms with Crippen molar-refractivity contribution in [3.05, 3.63) is 24.1 Å². The van der Waals surface area contributed by atoms with Gasteiger partial charge in [-0.15, -0.1) is 0 Å². The summed E-state index contributed by atoms with van der Waals surface area (Å²) in [5, 5.41) is 0. The van der Waals surface area contributed by atoms with Crippen LogP contribution in [0.25, 0.3) is 11.1 Å². The fraction of sp³-hybridized carbons (Fsp3) is 0.529. The Morgan fingerprint density at radius 2 is 2.00 bits per heavy atom. The Morgan fingerprint density at radius 3 is 2.76 bits per heavy atom. The number of carbonyl (C=O) groups excluding carboxylic acids is 1. The second-order valence-electron chi connectivity index (χ2n) is 6.72. The van der Waals surface area contributed by atoms with Crippen molar-refractivity contribution in [3.8, 4) is 0 Å². The van der Waals surface area contributed by atoms with Crippen LogP contribution in [-0.4, -0.2) is 54.7 Å². The van der Waals surface area contributed by atoms with Crippen LogP contribution in [0.3, 0.4) is 0 Å². The van der Waals surface area contributed by atoms with E-state index in [4.69, 9.17) is 4.42 Å². The fourth-order valence-corrected chi connectivity index (χ4v) is 4.77. The van der Waals surface area contributed by atoms with E-state index in [2.05, 4.69) is 4.98 Å². The third-order valence-electron chi connectivity index (χ3n) is 4.80. The van der Waals surface area contributed by atoms with Crippen molar-refractivity contribution in [1.82, 2.24) is 14.2 Å². The van der Waals surface area contributed by atoms with Crippen LogP contribution in [0.2, 0.25) is 0 Å². The molecule has 1 aromatic heterocycles. The van der Waals surface area contributed by atoms with Gasteiger partial charge >= 0.3 is 0 Å². The van der Waals surface area contributed by atoms with Crippen LogP contribution in [0.5, 0.6) is 0 Å². The molecule has 0 spiro atoms. The van der Waals surface area contributed by atoms with Gasteiger partial charge in [-0.05, 0) is 37.5 Å². The minimum atomic E-state index is -3.61. The quantitative estimate of drug-likeness (QED) is 0.830. The van der Waals surface area contributed by atoms with Crippen molar-refractivity contribution in [1.29, 1.82) is 0 Å². The van der Waals surface area contributed by atoms with E-state index in [0.29, 0.717) is 49.6 Å². The lowest BCUT2D eigenvalue weighted by molar-refractivity contribution is -0.132. The molecule has 0 radical (unpaired) electrons. The van der Waals surface area contributed by atoms with Gasteiger partial charge in [0.05, 0.1) is 4.90 Å². The van der Waals surface area contributed by atoms with Gasteiger partial charge in [0.1, 0.15) is 5.52 Å². The molecule has 2 fully saturated rings. The Kier molecular flexibility index (Phi) is 4.04. The Labute approximate surface area is 146 Å². The number of fused-ring (bicyclic) bond motifs is 1. The largest absolute Gasteiger partial charge is 0.441 e. The molecule has 4 rings (SSSR count). The number of amides is 1. The molecule has 1 saturated heterocycles. The van der Waals surface area contributed by atoms with Gasteiger partial charge in [0.25, 0.3) is 0 Å². The van der Waals surface area contributed by atoms with Gasteiger partial charge in [-0.3, -0.25) is 4.79 Å². The van der Waals surface area contributed by atoms with Crippen molar-refractivity contribution < 1.29 is 17.6 Å². The lowest BCUT2D eigenvalue weighted by atomic mass is 10.3. The molecule has 134 valence electrons. The maximum atomic E-state index is 13.0. The number of nitrogens with zero attached hydrogens (tertiary/aromatic N) is 3. The van der Waals surface area contributed by atoms with E-state index in [1.807, 2.05) is 4.90 Å². The highest BCUT2D eigenvalue weighted by molar-refractivity contribution is 7.89. The normalized spacial score (nSPS) is 20.0. The zero-order chi connectivity index (χ0) is 17.6. The summed E-state index contributed by atoms with van der Waals surface area (Å²) in [4.78, 5) is 18.5. The van der Waals surface area contributed by atoms with E-state index in [1.165, 1.54) is 4.31 Å². The van der Waals surface area contributed by atoms with E-state index in [9.17, 15) is 13.2 Å². The van der Waals surface area contributed by atoms with E-state index < -0.39 is 10.0 Å². The van der Waals surface area contributed by atoms with Gasteiger partial charge in [0.2, 0.25) is 15.9 Å². The zero-order valence-corrected chi connectivity index (χ0v) is 15.0. The van der Waals surface area contributed by atoms with Crippen molar-refractivity contribution in [3.63, 3.8) is 0 Å². The lowest BCUT2D eigenvalue weighted by Crippen LogP contribution is -2.37. The number of aromatic nitrogens is 1. The van der Waals surface area contributed by atoms with E-state index >= 15 is 0 Å². The van der Waals surface area contributed by atoms with Crippen LogP contribution in [0, 0.1) is 12.8 Å². The first-order valence-electron chi connectivity index (χ1n) is 8.61. The molecule has 0 N–H and O–H groups in total. The standard InChI is InChI=1S/C17H21N3O4S/c1-12-18-15-11-14(5-6-16(15)24-12)25(22,23)20-8-2-7-19(9-10-20)17(21)13-3-4-13/h5-6,11,13H,2-4,7-10H2,1H3. The number of hydrogen-bond donors (Lipinski definition) is 0. The second kappa shape index (κ2) is 6.10. The molecule has 2 aromatic rings. The monoisotopic (exact) mass is 363 g/mol. The molecule has 1 saturated carbocycles. The summed E-state index contributed by atoms with van der Waals surface area (Å²) in [6.07, 6.45) is 2.59. The highest BCUT2D eigenvalue weighted by Gasteiger charge is 2.35. The molecule has 1 aliphatic carbocycles. The third kappa shape index (κ3) is 3.16. The van der Waals surface area contributed by atoms with Gasteiger partial charge in [0, 0.05) is 39.0 Å². The summed E-state index contributed by atoms with van der Waals surface area (Å²) in [5.74, 6) is 0.855. The highest BCUT2D eigenvalue weighted by atomic mass is 32.2. The zero-order valence-electron chi connectivity index (χ0n) is 14.1. The molecule has 0 atom stereocenters. The second-order valence-corrected chi connectivity index (χ2v) is 8.66. The number of carbonyl (C=O) groups is 1. The van der Waals surface area contributed by atoms with Crippen molar-refractivity contribution in [2.24, 2.45) is 5.92 Å². The summed E-state index contributed by atoms with van der Waals surface area (Å²) in [6, 6.07) is 4.75. The maximum Gasteiger partial charge on any atom is 0.243 e. The van der Waals surface area contributed by atoms with Crippen LogP contribution in [0.4, 0.5) is 0 Å². The molecule has 1 amide bonds. The lowest BCUT2D eigenvalue weighted by Gasteiger charge is -2.22. The van der Waals surface area contributed by atoms with E-state index in [1.54, 1.807) is 25.1 Å². The van der Waals surface area contributed by atoms with Crippen molar-refractivity contribution in [2.45, 2.75) is 31.1 Å². The first-order valence-corrected chi connectivity index (χ1v) is 10.1. The number of benzene rings is 1. The van der Waals surface area contributed by atoms with Crippen LogP contribution in [0.1, 0.15) is 25.2 Å². The molecular weight excluding hydrogens is 342 g/mol. The van der Waals surface area contributed by atoms with Gasteiger partial charge in [-0.1, -0.05) is 0 Å². The summed E-state index contributed by atoms with van der Waals surface area (Å²) >= 11 is 0. The van der Waals surface area contributed by atoms with Crippen LogP contribution >= 0.6 is 0 Å². The Balaban J connectivity index is 1.55. The number of sulfonamides is 1. The van der Waals surface area contributed by atoms with E-state index in [-0.39, 0.29) is 16.7 Å². The summed E-state index contributed by atoms with van der Waals surface area (Å²) < 4.78 is 32.8. The van der Waals surface area contributed by atoms with Gasteiger partial charge < -0.3 is 9.32 Å². The molecular formula is C17H21N3O4S. The number of rotatable bonds is 3. The molecule has 7 nitrogen and oxygen atoms in total. The minimum Gasteiger partial charge on any atom is -0.441 e. The minimum absolute atomic E-state index is 0.168. The molecule has 2 heterocycles. The SMILES string of the molecule is Cc1nc2cc(S(=O)(=O)N3CCCN(C(=O)C4CC4)CC3)ccc2o1.